The number of H-pyrrole nitrogens is 1. The van der Waals surface area contributed by atoms with Crippen molar-refractivity contribution in [2.45, 2.75) is 11.3 Å². The van der Waals surface area contributed by atoms with Gasteiger partial charge in [0.05, 0.1) is 11.4 Å². The van der Waals surface area contributed by atoms with Crippen molar-refractivity contribution in [1.29, 1.82) is 0 Å². The number of rotatable bonds is 5. The van der Waals surface area contributed by atoms with Crippen molar-refractivity contribution in [1.82, 2.24) is 10.3 Å². The fraction of sp³-hybridized carbons (Fsp3) is 0.200. The van der Waals surface area contributed by atoms with Crippen LogP contribution >= 0.6 is 23.1 Å². The van der Waals surface area contributed by atoms with E-state index in [-0.39, 0.29) is 17.2 Å². The van der Waals surface area contributed by atoms with Crippen molar-refractivity contribution in [3.63, 3.8) is 0 Å². The van der Waals surface area contributed by atoms with Gasteiger partial charge in [0.2, 0.25) is 5.78 Å². The predicted octanol–water partition coefficient (Wildman–Crippen LogP) is 2.20. The summed E-state index contributed by atoms with van der Waals surface area (Å²) in [5, 5.41) is 4.29. The van der Waals surface area contributed by atoms with Gasteiger partial charge in [0.1, 0.15) is 0 Å². The van der Waals surface area contributed by atoms with E-state index >= 15 is 0 Å². The van der Waals surface area contributed by atoms with Gasteiger partial charge in [-0.15, -0.1) is 11.3 Å². The first-order chi connectivity index (χ1) is 11.0. The Kier molecular flexibility index (Phi) is 4.44. The van der Waals surface area contributed by atoms with E-state index in [1.54, 1.807) is 7.05 Å². The fourth-order valence-corrected chi connectivity index (χ4v) is 3.72. The standard InChI is InChI=1S/C15H13N3O3S2/c1-9-3-5-10(6-4-9)11-7-22-15(16-11)23-8-12(19)13-14(20)21-17-18(13)2/h3-7H,8H2,1-2H3/p+1. The van der Waals surface area contributed by atoms with Gasteiger partial charge in [-0.2, -0.15) is 0 Å². The summed E-state index contributed by atoms with van der Waals surface area (Å²) in [4.78, 5) is 28.1. The number of thiazole rings is 1. The van der Waals surface area contributed by atoms with E-state index in [0.717, 1.165) is 15.6 Å². The molecule has 1 N–H and O–H groups in total. The molecule has 6 nitrogen and oxygen atoms in total. The molecule has 2 aromatic heterocycles. The van der Waals surface area contributed by atoms with Gasteiger partial charge in [-0.1, -0.05) is 46.3 Å². The molecule has 0 aliphatic carbocycles. The molecule has 0 unspecified atom stereocenters. The Morgan fingerprint density at radius 1 is 1.39 bits per heavy atom. The van der Waals surface area contributed by atoms with E-state index in [0.29, 0.717) is 0 Å². The van der Waals surface area contributed by atoms with Crippen LogP contribution in [0, 0.1) is 6.92 Å². The zero-order valence-electron chi connectivity index (χ0n) is 12.5. The minimum Gasteiger partial charge on any atom is -0.286 e. The molecule has 0 fully saturated rings. The summed E-state index contributed by atoms with van der Waals surface area (Å²) in [6.07, 6.45) is 0. The first-order valence-electron chi connectivity index (χ1n) is 6.80. The molecule has 0 saturated heterocycles. The Labute approximate surface area is 140 Å². The predicted molar refractivity (Wildman–Crippen MR) is 87.8 cm³/mol. The van der Waals surface area contributed by atoms with Crippen molar-refractivity contribution in [2.24, 2.45) is 7.05 Å². The molecular formula is C15H14N3O3S2+. The van der Waals surface area contributed by atoms with Gasteiger partial charge in [-0.25, -0.2) is 9.78 Å². The van der Waals surface area contributed by atoms with Gasteiger partial charge in [0, 0.05) is 10.9 Å². The van der Waals surface area contributed by atoms with Crippen molar-refractivity contribution < 1.29 is 14.0 Å². The number of aryl methyl sites for hydroxylation is 2. The summed E-state index contributed by atoms with van der Waals surface area (Å²) >= 11 is 2.79. The lowest BCUT2D eigenvalue weighted by Crippen LogP contribution is -2.39. The fourth-order valence-electron chi connectivity index (χ4n) is 2.02. The Morgan fingerprint density at radius 3 is 2.78 bits per heavy atom. The second-order valence-corrected chi connectivity index (χ2v) is 7.05. The number of hydrogen-bond acceptors (Lipinski definition) is 6. The quantitative estimate of drug-likeness (QED) is 0.434. The molecule has 0 aliphatic rings. The zero-order chi connectivity index (χ0) is 16.4. The van der Waals surface area contributed by atoms with E-state index in [2.05, 4.69) is 14.8 Å². The molecule has 3 aromatic rings. The largest absolute Gasteiger partial charge is 0.438 e. The van der Waals surface area contributed by atoms with Crippen LogP contribution in [0.1, 0.15) is 16.1 Å². The third kappa shape index (κ3) is 3.43. The highest BCUT2D eigenvalue weighted by Crippen LogP contribution is 2.28. The van der Waals surface area contributed by atoms with Crippen molar-refractivity contribution in [3.05, 3.63) is 51.3 Å². The van der Waals surface area contributed by atoms with Gasteiger partial charge in [0.15, 0.2) is 11.4 Å². The van der Waals surface area contributed by atoms with Crippen LogP contribution in [0.25, 0.3) is 11.3 Å². The van der Waals surface area contributed by atoms with E-state index in [4.69, 9.17) is 0 Å². The number of aromatic amines is 1. The number of aromatic nitrogens is 3. The number of hydrogen-bond donors (Lipinski definition) is 1. The second kappa shape index (κ2) is 6.51. The van der Waals surface area contributed by atoms with Crippen LogP contribution in [0.5, 0.6) is 0 Å². The highest BCUT2D eigenvalue weighted by Gasteiger charge is 2.26. The number of carbonyl (C=O) groups excluding carboxylic acids is 1. The minimum absolute atomic E-state index is 0.00724. The van der Waals surface area contributed by atoms with Gasteiger partial charge < -0.3 is 0 Å². The molecule has 1 aromatic carbocycles. The molecule has 3 rings (SSSR count). The molecule has 8 heteroatoms. The third-order valence-corrected chi connectivity index (χ3v) is 5.25. The van der Waals surface area contributed by atoms with Crippen LogP contribution in [0.15, 0.2) is 43.3 Å². The minimum atomic E-state index is -0.655. The number of nitrogens with one attached hydrogen (secondary N) is 1. The number of carbonyl (C=O) groups is 1. The smallest absolute Gasteiger partial charge is 0.286 e. The Hall–Kier alpha value is -2.19. The Balaban J connectivity index is 1.69. The number of nitrogens with zero attached hydrogens (tertiary/aromatic N) is 2. The second-order valence-electron chi connectivity index (χ2n) is 4.96. The normalized spacial score (nSPS) is 10.9. The van der Waals surface area contributed by atoms with E-state index in [9.17, 15) is 9.59 Å². The maximum atomic E-state index is 12.1. The average Bonchev–Trinajstić information content (AvgIpc) is 3.13. The van der Waals surface area contributed by atoms with E-state index < -0.39 is 5.63 Å². The third-order valence-electron chi connectivity index (χ3n) is 3.23. The van der Waals surface area contributed by atoms with Crippen LogP contribution in [0.4, 0.5) is 0 Å². The van der Waals surface area contributed by atoms with E-state index in [1.807, 2.05) is 36.6 Å². The average molecular weight is 348 g/mol. The molecule has 0 spiro atoms. The first-order valence-corrected chi connectivity index (χ1v) is 8.67. The van der Waals surface area contributed by atoms with Gasteiger partial charge in [0.25, 0.3) is 0 Å². The topological polar surface area (TPSA) is 79.8 Å². The van der Waals surface area contributed by atoms with Crippen LogP contribution < -0.4 is 10.3 Å². The maximum Gasteiger partial charge on any atom is 0.438 e. The lowest BCUT2D eigenvalue weighted by Gasteiger charge is -1.97. The van der Waals surface area contributed by atoms with Crippen molar-refractivity contribution in [3.8, 4) is 11.3 Å². The Bertz CT molecular complexity index is 893. The highest BCUT2D eigenvalue weighted by atomic mass is 32.2. The van der Waals surface area contributed by atoms with E-state index in [1.165, 1.54) is 33.3 Å². The molecule has 0 saturated carbocycles. The van der Waals surface area contributed by atoms with Crippen molar-refractivity contribution >= 4 is 28.9 Å². The number of thioether (sulfide) groups is 1. The van der Waals surface area contributed by atoms with Crippen LogP contribution in [0.3, 0.4) is 0 Å². The molecule has 0 atom stereocenters. The monoisotopic (exact) mass is 348 g/mol. The van der Waals surface area contributed by atoms with Gasteiger partial charge in [-0.05, 0) is 12.2 Å². The molecule has 23 heavy (non-hydrogen) atoms. The van der Waals surface area contributed by atoms with Gasteiger partial charge in [-0.3, -0.25) is 9.32 Å². The molecule has 118 valence electrons. The molecular weight excluding hydrogens is 334 g/mol. The molecule has 0 amide bonds. The number of ketones is 1. The summed E-state index contributed by atoms with van der Waals surface area (Å²) < 4.78 is 6.65. The van der Waals surface area contributed by atoms with Crippen molar-refractivity contribution in [2.75, 3.05) is 5.75 Å². The van der Waals surface area contributed by atoms with Crippen LogP contribution in [-0.4, -0.2) is 21.8 Å². The number of Topliss-reactive ketones (excluding diaryl/α,β-unsaturated/α-hetero) is 1. The Morgan fingerprint density at radius 2 is 2.13 bits per heavy atom. The lowest BCUT2D eigenvalue weighted by molar-refractivity contribution is -0.741. The number of benzene rings is 1. The van der Waals surface area contributed by atoms with Gasteiger partial charge >= 0.3 is 11.3 Å². The lowest BCUT2D eigenvalue weighted by atomic mass is 10.1. The molecule has 2 heterocycles. The molecule has 0 aliphatic heterocycles. The maximum absolute atomic E-state index is 12.1. The molecule has 0 radical (unpaired) electrons. The van der Waals surface area contributed by atoms with Crippen LogP contribution in [0.2, 0.25) is 0 Å². The molecule has 0 bridgehead atoms. The summed E-state index contributed by atoms with van der Waals surface area (Å²) in [5.41, 5.74) is 2.48. The zero-order valence-corrected chi connectivity index (χ0v) is 14.2. The summed E-state index contributed by atoms with van der Waals surface area (Å²) in [5.74, 6) is -0.156. The first kappa shape index (κ1) is 15.7. The SMILES string of the molecule is Cc1ccc(-c2csc(SCC(=O)c3c(=O)o[nH][n+]3C)n2)cc1. The summed E-state index contributed by atoms with van der Waals surface area (Å²) in [6, 6.07) is 8.12. The summed E-state index contributed by atoms with van der Waals surface area (Å²) in [7, 11) is 1.56. The summed E-state index contributed by atoms with van der Waals surface area (Å²) in [6.45, 7) is 2.04. The van der Waals surface area contributed by atoms with Crippen LogP contribution in [-0.2, 0) is 7.05 Å². The highest BCUT2D eigenvalue weighted by molar-refractivity contribution is 8.01.